The van der Waals surface area contributed by atoms with Crippen molar-refractivity contribution in [3.8, 4) is 0 Å². The highest BCUT2D eigenvalue weighted by molar-refractivity contribution is 6.28. The minimum Gasteiger partial charge on any atom is -0.378 e. The van der Waals surface area contributed by atoms with E-state index < -0.39 is 0 Å². The third-order valence-electron chi connectivity index (χ3n) is 3.77. The first-order chi connectivity index (χ1) is 9.49. The summed E-state index contributed by atoms with van der Waals surface area (Å²) in [5.74, 6) is 1.75. The highest BCUT2D eigenvalue weighted by Crippen LogP contribution is 2.20. The first kappa shape index (κ1) is 15.3. The van der Waals surface area contributed by atoms with Gasteiger partial charge in [0, 0.05) is 26.2 Å². The SMILES string of the molecule is CC(C)C(C)N(C)c1nc(Cl)nc(N2CCOCC2)n1. The van der Waals surface area contributed by atoms with Crippen LogP contribution in [0.3, 0.4) is 0 Å². The summed E-state index contributed by atoms with van der Waals surface area (Å²) in [5, 5.41) is 0.235. The Morgan fingerprint density at radius 3 is 2.40 bits per heavy atom. The Kier molecular flexibility index (Phi) is 4.99. The molecule has 1 aliphatic heterocycles. The van der Waals surface area contributed by atoms with Crippen LogP contribution in [0, 0.1) is 5.92 Å². The zero-order chi connectivity index (χ0) is 14.7. The molecule has 0 bridgehead atoms. The van der Waals surface area contributed by atoms with Crippen LogP contribution >= 0.6 is 11.6 Å². The summed E-state index contributed by atoms with van der Waals surface area (Å²) >= 11 is 6.05. The molecule has 0 amide bonds. The van der Waals surface area contributed by atoms with Gasteiger partial charge < -0.3 is 14.5 Å². The number of morpholine rings is 1. The van der Waals surface area contributed by atoms with Crippen LogP contribution in [0.4, 0.5) is 11.9 Å². The minimum atomic E-state index is 0.235. The van der Waals surface area contributed by atoms with Crippen LogP contribution in [0.5, 0.6) is 0 Å². The quantitative estimate of drug-likeness (QED) is 0.845. The van der Waals surface area contributed by atoms with Gasteiger partial charge in [-0.25, -0.2) is 0 Å². The second kappa shape index (κ2) is 6.54. The van der Waals surface area contributed by atoms with Gasteiger partial charge in [0.2, 0.25) is 17.2 Å². The maximum Gasteiger partial charge on any atom is 0.231 e. The van der Waals surface area contributed by atoms with E-state index >= 15 is 0 Å². The van der Waals surface area contributed by atoms with Gasteiger partial charge in [-0.1, -0.05) is 13.8 Å². The number of halogens is 1. The first-order valence-corrected chi connectivity index (χ1v) is 7.34. The summed E-state index contributed by atoms with van der Waals surface area (Å²) in [4.78, 5) is 17.1. The number of hydrogen-bond donors (Lipinski definition) is 0. The molecule has 0 aliphatic carbocycles. The molecule has 1 fully saturated rings. The molecule has 20 heavy (non-hydrogen) atoms. The fourth-order valence-electron chi connectivity index (χ4n) is 2.02. The van der Waals surface area contributed by atoms with E-state index in [1.807, 2.05) is 11.9 Å². The summed E-state index contributed by atoms with van der Waals surface area (Å²) in [7, 11) is 1.99. The number of nitrogens with zero attached hydrogens (tertiary/aromatic N) is 5. The summed E-state index contributed by atoms with van der Waals surface area (Å²) in [5.41, 5.74) is 0. The molecule has 0 saturated carbocycles. The van der Waals surface area contributed by atoms with Gasteiger partial charge >= 0.3 is 0 Å². The number of rotatable bonds is 4. The molecule has 6 nitrogen and oxygen atoms in total. The molecule has 2 rings (SSSR count). The Hall–Kier alpha value is -1.14. The molecule has 112 valence electrons. The van der Waals surface area contributed by atoms with Crippen molar-refractivity contribution >= 4 is 23.5 Å². The molecular weight excluding hydrogens is 278 g/mol. The van der Waals surface area contributed by atoms with Crippen LogP contribution in [0.1, 0.15) is 20.8 Å². The number of hydrogen-bond acceptors (Lipinski definition) is 6. The Bertz CT molecular complexity index is 450. The van der Waals surface area contributed by atoms with E-state index in [1.54, 1.807) is 0 Å². The van der Waals surface area contributed by atoms with E-state index in [0.717, 1.165) is 13.1 Å². The van der Waals surface area contributed by atoms with Crippen LogP contribution in [-0.4, -0.2) is 54.3 Å². The van der Waals surface area contributed by atoms with E-state index in [1.165, 1.54) is 0 Å². The summed E-state index contributed by atoms with van der Waals surface area (Å²) in [6, 6.07) is 0.325. The fraction of sp³-hybridized carbons (Fsp3) is 0.769. The van der Waals surface area contributed by atoms with Crippen molar-refractivity contribution in [1.29, 1.82) is 0 Å². The van der Waals surface area contributed by atoms with E-state index in [2.05, 4.69) is 40.6 Å². The van der Waals surface area contributed by atoms with Gasteiger partial charge in [-0.15, -0.1) is 0 Å². The molecule has 1 aromatic rings. The second-order valence-electron chi connectivity index (χ2n) is 5.40. The molecule has 0 N–H and O–H groups in total. The number of ether oxygens (including phenoxy) is 1. The van der Waals surface area contributed by atoms with Gasteiger partial charge in [-0.2, -0.15) is 15.0 Å². The third-order valence-corrected chi connectivity index (χ3v) is 3.94. The van der Waals surface area contributed by atoms with E-state index in [9.17, 15) is 0 Å². The molecule has 0 aromatic carbocycles. The highest BCUT2D eigenvalue weighted by Gasteiger charge is 2.20. The largest absolute Gasteiger partial charge is 0.378 e. The molecule has 0 radical (unpaired) electrons. The van der Waals surface area contributed by atoms with Gasteiger partial charge in [0.15, 0.2) is 0 Å². The standard InChI is InChI=1S/C13H22ClN5O/c1-9(2)10(3)18(4)12-15-11(14)16-13(17-12)19-5-7-20-8-6-19/h9-10H,5-8H2,1-4H3. The Morgan fingerprint density at radius 2 is 1.80 bits per heavy atom. The van der Waals surface area contributed by atoms with Gasteiger partial charge in [0.25, 0.3) is 0 Å². The predicted octanol–water partition coefficient (Wildman–Crippen LogP) is 1.84. The second-order valence-corrected chi connectivity index (χ2v) is 5.74. The molecule has 0 spiro atoms. The lowest BCUT2D eigenvalue weighted by Crippen LogP contribution is -2.39. The Morgan fingerprint density at radius 1 is 1.15 bits per heavy atom. The van der Waals surface area contributed by atoms with Gasteiger partial charge in [0.1, 0.15) is 0 Å². The predicted molar refractivity (Wildman–Crippen MR) is 80.6 cm³/mol. The average Bonchev–Trinajstić information content (AvgIpc) is 2.45. The van der Waals surface area contributed by atoms with E-state index in [-0.39, 0.29) is 5.28 Å². The molecular formula is C13H22ClN5O. The van der Waals surface area contributed by atoms with Crippen LogP contribution in [-0.2, 0) is 4.74 Å². The number of anilines is 2. The molecule has 1 aliphatic rings. The van der Waals surface area contributed by atoms with Crippen LogP contribution in [0.25, 0.3) is 0 Å². The van der Waals surface area contributed by atoms with Gasteiger partial charge in [-0.05, 0) is 24.4 Å². The van der Waals surface area contributed by atoms with E-state index in [4.69, 9.17) is 16.3 Å². The molecule has 1 saturated heterocycles. The molecule has 1 aromatic heterocycles. The lowest BCUT2D eigenvalue weighted by Gasteiger charge is -2.30. The smallest absolute Gasteiger partial charge is 0.231 e. The normalized spacial score (nSPS) is 17.4. The lowest BCUT2D eigenvalue weighted by atomic mass is 10.1. The average molecular weight is 300 g/mol. The van der Waals surface area contributed by atoms with Crippen LogP contribution in [0.2, 0.25) is 5.28 Å². The molecule has 2 heterocycles. The van der Waals surface area contributed by atoms with Crippen molar-refractivity contribution < 1.29 is 4.74 Å². The Balaban J connectivity index is 2.23. The maximum absolute atomic E-state index is 6.05. The topological polar surface area (TPSA) is 54.4 Å². The third kappa shape index (κ3) is 3.49. The summed E-state index contributed by atoms with van der Waals surface area (Å²) in [6.45, 7) is 9.44. The van der Waals surface area contributed by atoms with Crippen molar-refractivity contribution in [3.63, 3.8) is 0 Å². The van der Waals surface area contributed by atoms with Crippen molar-refractivity contribution in [2.24, 2.45) is 5.92 Å². The molecule has 7 heteroatoms. The summed E-state index contributed by atoms with van der Waals surface area (Å²) in [6.07, 6.45) is 0. The maximum atomic E-state index is 6.05. The van der Waals surface area contributed by atoms with Crippen LogP contribution < -0.4 is 9.80 Å². The fourth-order valence-corrected chi connectivity index (χ4v) is 2.17. The molecule has 1 unspecified atom stereocenters. The summed E-state index contributed by atoms with van der Waals surface area (Å²) < 4.78 is 5.34. The van der Waals surface area contributed by atoms with Crippen molar-refractivity contribution in [1.82, 2.24) is 15.0 Å². The van der Waals surface area contributed by atoms with Crippen LogP contribution in [0.15, 0.2) is 0 Å². The first-order valence-electron chi connectivity index (χ1n) is 6.96. The zero-order valence-electron chi connectivity index (χ0n) is 12.5. The molecule has 1 atom stereocenters. The minimum absolute atomic E-state index is 0.235. The monoisotopic (exact) mass is 299 g/mol. The zero-order valence-corrected chi connectivity index (χ0v) is 13.3. The van der Waals surface area contributed by atoms with Crippen molar-refractivity contribution in [2.75, 3.05) is 43.2 Å². The van der Waals surface area contributed by atoms with Gasteiger partial charge in [0.05, 0.1) is 13.2 Å². The highest BCUT2D eigenvalue weighted by atomic mass is 35.5. The van der Waals surface area contributed by atoms with Gasteiger partial charge in [-0.3, -0.25) is 0 Å². The van der Waals surface area contributed by atoms with E-state index in [0.29, 0.717) is 37.1 Å². The van der Waals surface area contributed by atoms with Crippen molar-refractivity contribution in [2.45, 2.75) is 26.8 Å². The lowest BCUT2D eigenvalue weighted by molar-refractivity contribution is 0.122. The number of aromatic nitrogens is 3. The Labute approximate surface area is 125 Å². The van der Waals surface area contributed by atoms with Crippen molar-refractivity contribution in [3.05, 3.63) is 5.28 Å².